The summed E-state index contributed by atoms with van der Waals surface area (Å²) in [5.74, 6) is 0. The van der Waals surface area contributed by atoms with E-state index in [1.807, 2.05) is 38.1 Å². The standard InChI is InChI=1S/C13H11IN2O2/c1-8-3-5-10(6-4-8)13-12(16(17)18)7-11(14)9(2)15-13/h3-7H,1-2H3. The van der Waals surface area contributed by atoms with Crippen LogP contribution in [0.2, 0.25) is 0 Å². The number of nitro groups is 1. The van der Waals surface area contributed by atoms with Crippen LogP contribution in [0.4, 0.5) is 5.69 Å². The molecule has 0 aliphatic rings. The van der Waals surface area contributed by atoms with Crippen LogP contribution in [0.3, 0.4) is 0 Å². The first-order valence-electron chi connectivity index (χ1n) is 5.37. The van der Waals surface area contributed by atoms with E-state index in [0.717, 1.165) is 20.4 Å². The first-order valence-corrected chi connectivity index (χ1v) is 6.45. The van der Waals surface area contributed by atoms with E-state index in [4.69, 9.17) is 0 Å². The fraction of sp³-hybridized carbons (Fsp3) is 0.154. The normalized spacial score (nSPS) is 10.4. The predicted molar refractivity (Wildman–Crippen MR) is 78.5 cm³/mol. The molecule has 0 saturated carbocycles. The van der Waals surface area contributed by atoms with Gasteiger partial charge >= 0.3 is 0 Å². The molecule has 4 nitrogen and oxygen atoms in total. The Hall–Kier alpha value is -1.50. The second-order valence-electron chi connectivity index (χ2n) is 4.05. The quantitative estimate of drug-likeness (QED) is 0.467. The number of aromatic nitrogens is 1. The van der Waals surface area contributed by atoms with Gasteiger partial charge in [-0.2, -0.15) is 0 Å². The summed E-state index contributed by atoms with van der Waals surface area (Å²) in [6, 6.07) is 9.13. The number of benzene rings is 1. The molecule has 0 N–H and O–H groups in total. The van der Waals surface area contributed by atoms with E-state index in [9.17, 15) is 10.1 Å². The zero-order valence-corrected chi connectivity index (χ0v) is 12.1. The molecule has 2 rings (SSSR count). The van der Waals surface area contributed by atoms with E-state index in [0.29, 0.717) is 5.69 Å². The Morgan fingerprint density at radius 1 is 1.22 bits per heavy atom. The van der Waals surface area contributed by atoms with Crippen molar-refractivity contribution in [3.8, 4) is 11.3 Å². The molecule has 1 aromatic carbocycles. The molecular formula is C13H11IN2O2. The van der Waals surface area contributed by atoms with Crippen LogP contribution in [0.5, 0.6) is 0 Å². The van der Waals surface area contributed by atoms with Gasteiger partial charge in [-0.1, -0.05) is 29.8 Å². The van der Waals surface area contributed by atoms with Gasteiger partial charge in [-0.05, 0) is 36.4 Å². The number of pyridine rings is 1. The van der Waals surface area contributed by atoms with Gasteiger partial charge in [0.1, 0.15) is 5.69 Å². The second-order valence-corrected chi connectivity index (χ2v) is 5.21. The molecule has 0 atom stereocenters. The Balaban J connectivity index is 2.65. The summed E-state index contributed by atoms with van der Waals surface area (Å²) in [7, 11) is 0. The summed E-state index contributed by atoms with van der Waals surface area (Å²) in [4.78, 5) is 15.0. The maximum atomic E-state index is 11.1. The molecule has 0 saturated heterocycles. The second kappa shape index (κ2) is 5.01. The first-order chi connectivity index (χ1) is 8.49. The minimum absolute atomic E-state index is 0.0499. The van der Waals surface area contributed by atoms with Crippen molar-refractivity contribution in [1.29, 1.82) is 0 Å². The van der Waals surface area contributed by atoms with E-state index in [1.54, 1.807) is 6.07 Å². The van der Waals surface area contributed by atoms with Crippen LogP contribution in [0, 0.1) is 27.5 Å². The monoisotopic (exact) mass is 354 g/mol. The van der Waals surface area contributed by atoms with Crippen LogP contribution in [0.15, 0.2) is 30.3 Å². The minimum Gasteiger partial charge on any atom is -0.258 e. The highest BCUT2D eigenvalue weighted by Gasteiger charge is 2.18. The number of nitrogens with zero attached hydrogens (tertiary/aromatic N) is 2. The molecule has 0 aliphatic carbocycles. The number of aryl methyl sites for hydroxylation is 2. The van der Waals surface area contributed by atoms with Gasteiger partial charge in [-0.3, -0.25) is 10.1 Å². The average molecular weight is 354 g/mol. The molecule has 2 aromatic rings. The Labute approximate surface area is 118 Å². The van der Waals surface area contributed by atoms with E-state index in [-0.39, 0.29) is 10.6 Å². The fourth-order valence-electron chi connectivity index (χ4n) is 1.63. The zero-order chi connectivity index (χ0) is 13.3. The van der Waals surface area contributed by atoms with Gasteiger partial charge in [0, 0.05) is 15.2 Å². The van der Waals surface area contributed by atoms with E-state index in [2.05, 4.69) is 27.6 Å². The maximum Gasteiger partial charge on any atom is 0.296 e. The number of hydrogen-bond donors (Lipinski definition) is 0. The predicted octanol–water partition coefficient (Wildman–Crippen LogP) is 3.88. The third kappa shape index (κ3) is 2.50. The average Bonchev–Trinajstić information content (AvgIpc) is 2.33. The van der Waals surface area contributed by atoms with Gasteiger partial charge in [-0.15, -0.1) is 0 Å². The third-order valence-electron chi connectivity index (χ3n) is 2.65. The summed E-state index contributed by atoms with van der Waals surface area (Å²) in [6.45, 7) is 3.83. The van der Waals surface area contributed by atoms with Gasteiger partial charge in [0.2, 0.25) is 0 Å². The van der Waals surface area contributed by atoms with Crippen LogP contribution < -0.4 is 0 Å². The van der Waals surface area contributed by atoms with Crippen molar-refractivity contribution in [2.75, 3.05) is 0 Å². The smallest absolute Gasteiger partial charge is 0.258 e. The molecule has 5 heteroatoms. The van der Waals surface area contributed by atoms with Gasteiger partial charge in [0.05, 0.1) is 10.6 Å². The fourth-order valence-corrected chi connectivity index (χ4v) is 2.05. The molecule has 0 spiro atoms. The largest absolute Gasteiger partial charge is 0.296 e. The Kier molecular flexibility index (Phi) is 3.60. The molecule has 0 bridgehead atoms. The van der Waals surface area contributed by atoms with Crippen LogP contribution in [0.1, 0.15) is 11.3 Å². The summed E-state index contributed by atoms with van der Waals surface area (Å²) >= 11 is 2.06. The number of rotatable bonds is 2. The van der Waals surface area contributed by atoms with E-state index >= 15 is 0 Å². The molecule has 0 radical (unpaired) electrons. The SMILES string of the molecule is Cc1ccc(-c2nc(C)c(I)cc2[N+](=O)[O-])cc1. The van der Waals surface area contributed by atoms with Crippen LogP contribution in [0.25, 0.3) is 11.3 Å². The Morgan fingerprint density at radius 3 is 2.39 bits per heavy atom. The summed E-state index contributed by atoms with van der Waals surface area (Å²) in [5.41, 5.74) is 3.17. The molecule has 0 amide bonds. The lowest BCUT2D eigenvalue weighted by molar-refractivity contribution is -0.384. The Morgan fingerprint density at radius 2 is 1.83 bits per heavy atom. The summed E-state index contributed by atoms with van der Waals surface area (Å²) in [6.07, 6.45) is 0. The summed E-state index contributed by atoms with van der Waals surface area (Å²) < 4.78 is 0.801. The zero-order valence-electron chi connectivity index (χ0n) is 9.98. The lowest BCUT2D eigenvalue weighted by atomic mass is 10.1. The van der Waals surface area contributed by atoms with E-state index in [1.165, 1.54) is 0 Å². The van der Waals surface area contributed by atoms with Gasteiger partial charge in [-0.25, -0.2) is 4.98 Å². The molecule has 92 valence electrons. The van der Waals surface area contributed by atoms with Gasteiger partial charge in [0.25, 0.3) is 5.69 Å². The topological polar surface area (TPSA) is 56.0 Å². The Bertz CT molecular complexity index is 609. The minimum atomic E-state index is -0.385. The lowest BCUT2D eigenvalue weighted by Crippen LogP contribution is -1.98. The number of hydrogen-bond acceptors (Lipinski definition) is 3. The van der Waals surface area contributed by atoms with Crippen molar-refractivity contribution >= 4 is 28.3 Å². The van der Waals surface area contributed by atoms with Gasteiger partial charge in [0.15, 0.2) is 0 Å². The highest BCUT2D eigenvalue weighted by Crippen LogP contribution is 2.30. The van der Waals surface area contributed by atoms with Crippen LogP contribution in [-0.4, -0.2) is 9.91 Å². The molecule has 1 heterocycles. The highest BCUT2D eigenvalue weighted by molar-refractivity contribution is 14.1. The van der Waals surface area contributed by atoms with Crippen molar-refractivity contribution in [2.45, 2.75) is 13.8 Å². The molecule has 1 aromatic heterocycles. The van der Waals surface area contributed by atoms with Gasteiger partial charge < -0.3 is 0 Å². The highest BCUT2D eigenvalue weighted by atomic mass is 127. The van der Waals surface area contributed by atoms with Crippen molar-refractivity contribution in [3.63, 3.8) is 0 Å². The molecule has 0 fully saturated rings. The van der Waals surface area contributed by atoms with Crippen LogP contribution in [-0.2, 0) is 0 Å². The molecule has 0 unspecified atom stereocenters. The van der Waals surface area contributed by atoms with Crippen molar-refractivity contribution in [3.05, 3.63) is 55.3 Å². The summed E-state index contributed by atoms with van der Waals surface area (Å²) in [5, 5.41) is 11.1. The third-order valence-corrected chi connectivity index (χ3v) is 3.74. The molecule has 0 aliphatic heterocycles. The van der Waals surface area contributed by atoms with Crippen molar-refractivity contribution in [1.82, 2.24) is 4.98 Å². The molecule has 18 heavy (non-hydrogen) atoms. The first kappa shape index (κ1) is 12.9. The van der Waals surface area contributed by atoms with Crippen molar-refractivity contribution < 1.29 is 4.92 Å². The molecular weight excluding hydrogens is 343 g/mol. The van der Waals surface area contributed by atoms with E-state index < -0.39 is 0 Å². The maximum absolute atomic E-state index is 11.1. The van der Waals surface area contributed by atoms with Crippen LogP contribution >= 0.6 is 22.6 Å². The van der Waals surface area contributed by atoms with Crippen molar-refractivity contribution in [2.24, 2.45) is 0 Å². The lowest BCUT2D eigenvalue weighted by Gasteiger charge is -2.05. The number of halogens is 1.